The molecule has 5 heteroatoms. The molecule has 0 aromatic heterocycles. The van der Waals surface area contributed by atoms with Crippen LogP contribution in [0.3, 0.4) is 0 Å². The Kier molecular flexibility index (Phi) is 2.96. The number of piperidine rings is 1. The summed E-state index contributed by atoms with van der Waals surface area (Å²) in [7, 11) is 0. The summed E-state index contributed by atoms with van der Waals surface area (Å²) in [4.78, 5) is 16.1. The normalized spacial score (nSPS) is 39.0. The molecule has 3 unspecified atom stereocenters. The van der Waals surface area contributed by atoms with Crippen molar-refractivity contribution in [2.24, 2.45) is 5.92 Å². The summed E-state index contributed by atoms with van der Waals surface area (Å²) < 4.78 is 0. The van der Waals surface area contributed by atoms with E-state index < -0.39 is 0 Å². The minimum atomic E-state index is 0.129. The van der Waals surface area contributed by atoms with Gasteiger partial charge in [0.1, 0.15) is 0 Å². The van der Waals surface area contributed by atoms with Crippen LogP contribution in [0.1, 0.15) is 13.3 Å². The number of amides is 2. The van der Waals surface area contributed by atoms with Gasteiger partial charge in [0.2, 0.25) is 0 Å². The molecule has 5 nitrogen and oxygen atoms in total. The molecule has 3 aliphatic heterocycles. The number of hydrogen-bond acceptors (Lipinski definition) is 3. The number of carbonyl (C=O) groups is 1. The van der Waals surface area contributed by atoms with Crippen molar-refractivity contribution >= 4 is 6.03 Å². The molecule has 0 spiro atoms. The van der Waals surface area contributed by atoms with Gasteiger partial charge in [-0.25, -0.2) is 4.79 Å². The van der Waals surface area contributed by atoms with E-state index in [1.165, 1.54) is 6.42 Å². The summed E-state index contributed by atoms with van der Waals surface area (Å²) >= 11 is 0. The molecule has 2 amide bonds. The molecular formula is C12H22N4O. The summed E-state index contributed by atoms with van der Waals surface area (Å²) in [5.74, 6) is 0.773. The maximum atomic E-state index is 11.5. The van der Waals surface area contributed by atoms with Gasteiger partial charge >= 0.3 is 6.03 Å². The Hall–Kier alpha value is -0.810. The average molecular weight is 238 g/mol. The summed E-state index contributed by atoms with van der Waals surface area (Å²) in [6.07, 6.45) is 1.29. The van der Waals surface area contributed by atoms with Crippen LogP contribution in [0.2, 0.25) is 0 Å². The maximum Gasteiger partial charge on any atom is 0.317 e. The average Bonchev–Trinajstić information content (AvgIpc) is 2.71. The van der Waals surface area contributed by atoms with E-state index in [9.17, 15) is 4.79 Å². The second-order valence-electron chi connectivity index (χ2n) is 5.68. The zero-order valence-electron chi connectivity index (χ0n) is 10.5. The van der Waals surface area contributed by atoms with E-state index in [-0.39, 0.29) is 6.03 Å². The molecule has 3 saturated heterocycles. The van der Waals surface area contributed by atoms with Gasteiger partial charge in [-0.3, -0.25) is 4.90 Å². The number of nitrogens with zero attached hydrogens (tertiary/aromatic N) is 2. The molecule has 0 saturated carbocycles. The molecule has 3 heterocycles. The second kappa shape index (κ2) is 4.46. The summed E-state index contributed by atoms with van der Waals surface area (Å²) in [6, 6.07) is 1.19. The molecule has 2 N–H and O–H groups in total. The number of carbonyl (C=O) groups excluding carboxylic acids is 1. The van der Waals surface area contributed by atoms with Crippen molar-refractivity contribution in [3.8, 4) is 0 Å². The Morgan fingerprint density at radius 1 is 1.18 bits per heavy atom. The van der Waals surface area contributed by atoms with Crippen LogP contribution >= 0.6 is 0 Å². The molecule has 3 rings (SSSR count). The van der Waals surface area contributed by atoms with Gasteiger partial charge in [-0.05, 0) is 18.9 Å². The lowest BCUT2D eigenvalue weighted by Gasteiger charge is -2.43. The van der Waals surface area contributed by atoms with Crippen LogP contribution in [-0.4, -0.2) is 67.2 Å². The molecule has 0 aromatic carbocycles. The van der Waals surface area contributed by atoms with Gasteiger partial charge in [-0.15, -0.1) is 0 Å². The lowest BCUT2D eigenvalue weighted by molar-refractivity contribution is 0.0690. The van der Waals surface area contributed by atoms with E-state index in [4.69, 9.17) is 0 Å². The third-order valence-corrected chi connectivity index (χ3v) is 4.33. The SMILES string of the molecule is CC1CNCC(N2CCN3C(=O)NCC3C2)C1. The first-order chi connectivity index (χ1) is 8.24. The van der Waals surface area contributed by atoms with E-state index in [0.29, 0.717) is 12.1 Å². The van der Waals surface area contributed by atoms with E-state index in [0.717, 1.165) is 45.2 Å². The molecule has 3 atom stereocenters. The van der Waals surface area contributed by atoms with Crippen LogP contribution in [0.15, 0.2) is 0 Å². The highest BCUT2D eigenvalue weighted by atomic mass is 16.2. The van der Waals surface area contributed by atoms with Crippen LogP contribution in [-0.2, 0) is 0 Å². The van der Waals surface area contributed by atoms with E-state index in [1.807, 2.05) is 4.90 Å². The smallest absolute Gasteiger partial charge is 0.317 e. The van der Waals surface area contributed by atoms with Crippen molar-refractivity contribution in [1.82, 2.24) is 20.4 Å². The predicted molar refractivity (Wildman–Crippen MR) is 65.9 cm³/mol. The first-order valence-corrected chi connectivity index (χ1v) is 6.73. The quantitative estimate of drug-likeness (QED) is 0.659. The molecule has 0 bridgehead atoms. The maximum absolute atomic E-state index is 11.5. The third-order valence-electron chi connectivity index (χ3n) is 4.33. The molecule has 3 fully saturated rings. The van der Waals surface area contributed by atoms with Gasteiger partial charge in [0.15, 0.2) is 0 Å². The topological polar surface area (TPSA) is 47.6 Å². The number of rotatable bonds is 1. The Bertz CT molecular complexity index is 309. The lowest BCUT2D eigenvalue weighted by atomic mass is 9.95. The van der Waals surface area contributed by atoms with Crippen molar-refractivity contribution in [3.05, 3.63) is 0 Å². The first-order valence-electron chi connectivity index (χ1n) is 6.73. The van der Waals surface area contributed by atoms with Crippen LogP contribution in [0.25, 0.3) is 0 Å². The molecular weight excluding hydrogens is 216 g/mol. The van der Waals surface area contributed by atoms with Gasteiger partial charge in [0.05, 0.1) is 6.04 Å². The fraction of sp³-hybridized carbons (Fsp3) is 0.917. The van der Waals surface area contributed by atoms with Crippen molar-refractivity contribution < 1.29 is 4.79 Å². The van der Waals surface area contributed by atoms with Crippen molar-refractivity contribution in [1.29, 1.82) is 0 Å². The summed E-state index contributed by atoms with van der Waals surface area (Å²) in [5, 5.41) is 6.45. The number of fused-ring (bicyclic) bond motifs is 1. The van der Waals surface area contributed by atoms with Gasteiger partial charge < -0.3 is 15.5 Å². The van der Waals surface area contributed by atoms with Gasteiger partial charge in [-0.1, -0.05) is 6.92 Å². The number of urea groups is 1. The molecule has 0 radical (unpaired) electrons. The largest absolute Gasteiger partial charge is 0.336 e. The predicted octanol–water partition coefficient (Wildman–Crippen LogP) is -0.306. The molecule has 0 aromatic rings. The van der Waals surface area contributed by atoms with Gasteiger partial charge in [-0.2, -0.15) is 0 Å². The zero-order valence-corrected chi connectivity index (χ0v) is 10.5. The Balaban J connectivity index is 1.61. The Labute approximate surface area is 103 Å². The van der Waals surface area contributed by atoms with Gasteiger partial charge in [0, 0.05) is 38.8 Å². The lowest BCUT2D eigenvalue weighted by Crippen LogP contribution is -2.58. The highest BCUT2D eigenvalue weighted by Gasteiger charge is 2.37. The molecule has 3 aliphatic rings. The third kappa shape index (κ3) is 2.13. The monoisotopic (exact) mass is 238 g/mol. The highest BCUT2D eigenvalue weighted by molar-refractivity contribution is 5.77. The minimum absolute atomic E-state index is 0.129. The Morgan fingerprint density at radius 2 is 2.06 bits per heavy atom. The van der Waals surface area contributed by atoms with Crippen molar-refractivity contribution in [2.75, 3.05) is 39.3 Å². The minimum Gasteiger partial charge on any atom is -0.336 e. The van der Waals surface area contributed by atoms with Crippen molar-refractivity contribution in [2.45, 2.75) is 25.4 Å². The number of hydrogen-bond donors (Lipinski definition) is 2. The number of piperazine rings is 1. The fourth-order valence-corrected chi connectivity index (χ4v) is 3.37. The van der Waals surface area contributed by atoms with E-state index >= 15 is 0 Å². The number of nitrogens with one attached hydrogen (secondary N) is 2. The first kappa shape index (κ1) is 11.3. The highest BCUT2D eigenvalue weighted by Crippen LogP contribution is 2.21. The fourth-order valence-electron chi connectivity index (χ4n) is 3.37. The molecule has 96 valence electrons. The zero-order chi connectivity index (χ0) is 11.8. The molecule has 0 aliphatic carbocycles. The van der Waals surface area contributed by atoms with Crippen LogP contribution < -0.4 is 10.6 Å². The molecule has 17 heavy (non-hydrogen) atoms. The van der Waals surface area contributed by atoms with Crippen molar-refractivity contribution in [3.63, 3.8) is 0 Å². The second-order valence-corrected chi connectivity index (χ2v) is 5.68. The van der Waals surface area contributed by atoms with E-state index in [2.05, 4.69) is 22.5 Å². The van der Waals surface area contributed by atoms with Crippen LogP contribution in [0, 0.1) is 5.92 Å². The Morgan fingerprint density at radius 3 is 2.88 bits per heavy atom. The summed E-state index contributed by atoms with van der Waals surface area (Å²) in [5.41, 5.74) is 0. The van der Waals surface area contributed by atoms with Gasteiger partial charge in [0.25, 0.3) is 0 Å². The van der Waals surface area contributed by atoms with Crippen LogP contribution in [0.5, 0.6) is 0 Å². The summed E-state index contributed by atoms with van der Waals surface area (Å²) in [6.45, 7) is 8.36. The standard InChI is InChI=1S/C12H22N4O/c1-9-4-10(6-13-5-9)15-2-3-16-11(8-15)7-14-12(16)17/h9-11,13H,2-8H2,1H3,(H,14,17). The van der Waals surface area contributed by atoms with Crippen LogP contribution in [0.4, 0.5) is 4.79 Å². The van der Waals surface area contributed by atoms with E-state index in [1.54, 1.807) is 0 Å².